The molecule has 158 valence electrons. The van der Waals surface area contributed by atoms with E-state index in [0.29, 0.717) is 17.2 Å². The number of amides is 2. The van der Waals surface area contributed by atoms with Crippen LogP contribution in [0.3, 0.4) is 0 Å². The highest BCUT2D eigenvalue weighted by Gasteiger charge is 2.27. The summed E-state index contributed by atoms with van der Waals surface area (Å²) < 4.78 is 12.3. The van der Waals surface area contributed by atoms with Crippen molar-refractivity contribution < 1.29 is 29.0 Å². The molecule has 9 heteroatoms. The first-order valence-corrected chi connectivity index (χ1v) is 9.16. The van der Waals surface area contributed by atoms with Crippen LogP contribution in [0.25, 0.3) is 10.9 Å². The Morgan fingerprint density at radius 3 is 2.10 bits per heavy atom. The van der Waals surface area contributed by atoms with E-state index in [4.69, 9.17) is 9.47 Å². The number of rotatable bonds is 8. The standard InChI is InChI=1S/C20H27N3O6/c1-10(2)17(20(26)27)22-18(24)11(3)21-19(25)14-7-12-8-15(28-5)16(29-6)9-13(12)23(14)4/h7-11,17H,1-6H3,(H,21,25)(H,22,24)(H,26,27). The van der Waals surface area contributed by atoms with Gasteiger partial charge in [0, 0.05) is 18.5 Å². The number of nitrogens with one attached hydrogen (secondary N) is 2. The highest BCUT2D eigenvalue weighted by atomic mass is 16.5. The van der Waals surface area contributed by atoms with Crippen LogP contribution in [0, 0.1) is 5.92 Å². The van der Waals surface area contributed by atoms with E-state index in [1.807, 2.05) is 0 Å². The summed E-state index contributed by atoms with van der Waals surface area (Å²) in [6, 6.07) is 3.28. The van der Waals surface area contributed by atoms with E-state index in [1.54, 1.807) is 43.7 Å². The number of fused-ring (bicyclic) bond motifs is 1. The maximum atomic E-state index is 12.7. The van der Waals surface area contributed by atoms with Gasteiger partial charge in [-0.2, -0.15) is 0 Å². The minimum absolute atomic E-state index is 0.289. The van der Waals surface area contributed by atoms with Crippen LogP contribution < -0.4 is 20.1 Å². The van der Waals surface area contributed by atoms with Crippen LogP contribution in [-0.2, 0) is 16.6 Å². The average molecular weight is 405 g/mol. The molecule has 0 bridgehead atoms. The normalized spacial score (nSPS) is 13.1. The fraction of sp³-hybridized carbons (Fsp3) is 0.450. The third kappa shape index (κ3) is 4.61. The van der Waals surface area contributed by atoms with Crippen molar-refractivity contribution in [2.24, 2.45) is 13.0 Å². The third-order valence-corrected chi connectivity index (χ3v) is 4.75. The molecule has 0 spiro atoms. The van der Waals surface area contributed by atoms with Gasteiger partial charge in [0.25, 0.3) is 5.91 Å². The molecule has 2 atom stereocenters. The fourth-order valence-electron chi connectivity index (χ4n) is 3.01. The molecule has 0 saturated heterocycles. The van der Waals surface area contributed by atoms with Crippen LogP contribution in [0.1, 0.15) is 31.3 Å². The van der Waals surface area contributed by atoms with Crippen molar-refractivity contribution in [3.05, 3.63) is 23.9 Å². The van der Waals surface area contributed by atoms with Crippen molar-refractivity contribution in [2.45, 2.75) is 32.9 Å². The molecular weight excluding hydrogens is 378 g/mol. The second-order valence-corrected chi connectivity index (χ2v) is 7.12. The number of aryl methyl sites for hydroxylation is 1. The molecule has 0 aliphatic carbocycles. The van der Waals surface area contributed by atoms with Crippen molar-refractivity contribution in [1.29, 1.82) is 0 Å². The summed E-state index contributed by atoms with van der Waals surface area (Å²) in [6.07, 6.45) is 0. The second kappa shape index (κ2) is 8.85. The molecule has 0 aliphatic heterocycles. The molecule has 2 amide bonds. The number of hydrogen-bond acceptors (Lipinski definition) is 5. The van der Waals surface area contributed by atoms with Crippen LogP contribution >= 0.6 is 0 Å². The number of aromatic nitrogens is 1. The van der Waals surface area contributed by atoms with Gasteiger partial charge in [-0.15, -0.1) is 0 Å². The summed E-state index contributed by atoms with van der Waals surface area (Å²) in [4.78, 5) is 36.3. The number of benzene rings is 1. The van der Waals surface area contributed by atoms with Gasteiger partial charge in [-0.3, -0.25) is 9.59 Å². The van der Waals surface area contributed by atoms with Crippen molar-refractivity contribution in [3.63, 3.8) is 0 Å². The van der Waals surface area contributed by atoms with E-state index < -0.39 is 29.9 Å². The van der Waals surface area contributed by atoms with Crippen molar-refractivity contribution >= 4 is 28.7 Å². The quantitative estimate of drug-likeness (QED) is 0.613. The summed E-state index contributed by atoms with van der Waals surface area (Å²) in [7, 11) is 4.79. The zero-order chi connectivity index (χ0) is 21.9. The predicted octanol–water partition coefficient (Wildman–Crippen LogP) is 1.54. The largest absolute Gasteiger partial charge is 0.493 e. The monoisotopic (exact) mass is 405 g/mol. The number of ether oxygens (including phenoxy) is 2. The van der Waals surface area contributed by atoms with Gasteiger partial charge in [-0.25, -0.2) is 4.79 Å². The molecule has 1 heterocycles. The molecule has 9 nitrogen and oxygen atoms in total. The van der Waals surface area contributed by atoms with Gasteiger partial charge in [0.05, 0.1) is 19.7 Å². The molecule has 0 fully saturated rings. The van der Waals surface area contributed by atoms with Gasteiger partial charge < -0.3 is 29.8 Å². The lowest BCUT2D eigenvalue weighted by Gasteiger charge is -2.21. The van der Waals surface area contributed by atoms with Gasteiger partial charge in [0.1, 0.15) is 17.8 Å². The Labute approximate surface area is 169 Å². The van der Waals surface area contributed by atoms with E-state index >= 15 is 0 Å². The van der Waals surface area contributed by atoms with Gasteiger partial charge in [-0.05, 0) is 25.0 Å². The molecule has 0 radical (unpaired) electrons. The maximum Gasteiger partial charge on any atom is 0.326 e. The first-order valence-electron chi connectivity index (χ1n) is 9.16. The van der Waals surface area contributed by atoms with Crippen LogP contribution in [0.5, 0.6) is 11.5 Å². The summed E-state index contributed by atoms with van der Waals surface area (Å²) in [5.41, 5.74) is 1.10. The molecule has 3 N–H and O–H groups in total. The Morgan fingerprint density at radius 2 is 1.59 bits per heavy atom. The van der Waals surface area contributed by atoms with E-state index in [2.05, 4.69) is 10.6 Å². The van der Waals surface area contributed by atoms with Crippen LogP contribution in [0.15, 0.2) is 18.2 Å². The summed E-state index contributed by atoms with van der Waals surface area (Å²) in [5, 5.41) is 15.0. The lowest BCUT2D eigenvalue weighted by atomic mass is 10.0. The van der Waals surface area contributed by atoms with Gasteiger partial charge in [0.15, 0.2) is 11.5 Å². The van der Waals surface area contributed by atoms with Crippen molar-refractivity contribution in [3.8, 4) is 11.5 Å². The Bertz CT molecular complexity index is 934. The van der Waals surface area contributed by atoms with E-state index in [9.17, 15) is 19.5 Å². The Morgan fingerprint density at radius 1 is 1.00 bits per heavy atom. The molecule has 2 aromatic rings. The molecule has 0 aliphatic rings. The molecule has 29 heavy (non-hydrogen) atoms. The number of carbonyl (C=O) groups excluding carboxylic acids is 2. The van der Waals surface area contributed by atoms with Crippen LogP contribution in [-0.4, -0.2) is 53.8 Å². The molecule has 0 saturated carbocycles. The molecule has 2 rings (SSSR count). The Kier molecular flexibility index (Phi) is 6.73. The topological polar surface area (TPSA) is 119 Å². The lowest BCUT2D eigenvalue weighted by molar-refractivity contribution is -0.143. The van der Waals surface area contributed by atoms with Gasteiger partial charge >= 0.3 is 5.97 Å². The number of aliphatic carboxylic acids is 1. The molecule has 1 aromatic carbocycles. The summed E-state index contributed by atoms with van der Waals surface area (Å²) >= 11 is 0. The van der Waals surface area contributed by atoms with Gasteiger partial charge in [-0.1, -0.05) is 13.8 Å². The van der Waals surface area contributed by atoms with Crippen LogP contribution in [0.2, 0.25) is 0 Å². The molecule has 1 aromatic heterocycles. The minimum Gasteiger partial charge on any atom is -0.493 e. The fourth-order valence-corrected chi connectivity index (χ4v) is 3.01. The molecule has 2 unspecified atom stereocenters. The SMILES string of the molecule is COc1cc2cc(C(=O)NC(C)C(=O)NC(C(=O)O)C(C)C)n(C)c2cc1OC. The van der Waals surface area contributed by atoms with E-state index in [0.717, 1.165) is 10.9 Å². The van der Waals surface area contributed by atoms with E-state index in [1.165, 1.54) is 21.1 Å². The summed E-state index contributed by atoms with van der Waals surface area (Å²) in [6.45, 7) is 4.89. The predicted molar refractivity (Wildman–Crippen MR) is 107 cm³/mol. The maximum absolute atomic E-state index is 12.7. The van der Waals surface area contributed by atoms with E-state index in [-0.39, 0.29) is 5.92 Å². The number of hydrogen-bond donors (Lipinski definition) is 3. The number of carboxylic acids is 1. The highest BCUT2D eigenvalue weighted by molar-refractivity contribution is 6.01. The zero-order valence-corrected chi connectivity index (χ0v) is 17.4. The van der Waals surface area contributed by atoms with Crippen molar-refractivity contribution in [2.75, 3.05) is 14.2 Å². The Balaban J connectivity index is 2.21. The number of carbonyl (C=O) groups is 3. The summed E-state index contributed by atoms with van der Waals surface area (Å²) in [5.74, 6) is -1.36. The third-order valence-electron chi connectivity index (χ3n) is 4.75. The lowest BCUT2D eigenvalue weighted by Crippen LogP contribution is -2.52. The van der Waals surface area contributed by atoms with Crippen LogP contribution in [0.4, 0.5) is 0 Å². The number of methoxy groups -OCH3 is 2. The first-order chi connectivity index (χ1) is 13.6. The van der Waals surface area contributed by atoms with Gasteiger partial charge in [0.2, 0.25) is 5.91 Å². The van der Waals surface area contributed by atoms with Crippen molar-refractivity contribution in [1.82, 2.24) is 15.2 Å². The average Bonchev–Trinajstić information content (AvgIpc) is 2.99. The number of nitrogens with zero attached hydrogens (tertiary/aromatic N) is 1. The Hall–Kier alpha value is -3.23. The highest BCUT2D eigenvalue weighted by Crippen LogP contribution is 2.33. The second-order valence-electron chi connectivity index (χ2n) is 7.12. The number of carboxylic acid groups (broad SMARTS) is 1. The first kappa shape index (κ1) is 22.1. The minimum atomic E-state index is -1.12. The smallest absolute Gasteiger partial charge is 0.326 e. The zero-order valence-electron chi connectivity index (χ0n) is 17.4. The molecular formula is C20H27N3O6.